The molecule has 0 bridgehead atoms. The van der Waals surface area contributed by atoms with Crippen LogP contribution in [0.3, 0.4) is 0 Å². The van der Waals surface area contributed by atoms with E-state index >= 15 is 0 Å². The number of anilines is 2. The monoisotopic (exact) mass is 422 g/mol. The Morgan fingerprint density at radius 1 is 1.13 bits per heavy atom. The third kappa shape index (κ3) is 4.52. The lowest BCUT2D eigenvalue weighted by atomic mass is 9.83. The molecule has 1 saturated carbocycles. The molecular formula is C23H26N4O4. The number of fused-ring (bicyclic) bond motifs is 1. The van der Waals surface area contributed by atoms with Gasteiger partial charge in [-0.2, -0.15) is 0 Å². The number of nitrogens with two attached hydrogens (primary N) is 1. The van der Waals surface area contributed by atoms with E-state index in [0.717, 1.165) is 30.5 Å². The molecule has 1 fully saturated rings. The Labute approximate surface area is 180 Å². The summed E-state index contributed by atoms with van der Waals surface area (Å²) in [5.41, 5.74) is 8.03. The summed E-state index contributed by atoms with van der Waals surface area (Å²) in [7, 11) is 0. The number of rotatable bonds is 6. The highest BCUT2D eigenvalue weighted by molar-refractivity contribution is 6.05. The first kappa shape index (κ1) is 20.8. The topological polar surface area (TPSA) is 119 Å². The zero-order valence-corrected chi connectivity index (χ0v) is 17.3. The van der Waals surface area contributed by atoms with Crippen molar-refractivity contribution in [2.45, 2.75) is 51.1 Å². The van der Waals surface area contributed by atoms with Crippen molar-refractivity contribution in [2.75, 3.05) is 10.2 Å². The molecule has 1 atom stereocenters. The zero-order valence-electron chi connectivity index (χ0n) is 17.3. The average molecular weight is 422 g/mol. The molecule has 8 heteroatoms. The summed E-state index contributed by atoms with van der Waals surface area (Å²) in [6.07, 6.45) is 6.65. The second kappa shape index (κ2) is 8.75. The Balaban J connectivity index is 1.67. The first-order chi connectivity index (χ1) is 14.9. The van der Waals surface area contributed by atoms with Gasteiger partial charge in [-0.15, -0.1) is 0 Å². The van der Waals surface area contributed by atoms with Crippen molar-refractivity contribution in [3.05, 3.63) is 63.7 Å². The van der Waals surface area contributed by atoms with Crippen LogP contribution in [0.2, 0.25) is 0 Å². The maximum absolute atomic E-state index is 13.1. The molecule has 162 valence electrons. The molecule has 0 aromatic heterocycles. The van der Waals surface area contributed by atoms with E-state index in [1.54, 1.807) is 24.3 Å². The fourth-order valence-corrected chi connectivity index (χ4v) is 4.65. The van der Waals surface area contributed by atoms with E-state index in [9.17, 15) is 19.7 Å². The lowest BCUT2D eigenvalue weighted by Gasteiger charge is -2.40. The Morgan fingerprint density at radius 2 is 1.84 bits per heavy atom. The van der Waals surface area contributed by atoms with Crippen LogP contribution in [0.5, 0.6) is 0 Å². The summed E-state index contributed by atoms with van der Waals surface area (Å²) in [4.78, 5) is 37.3. The number of primary amides is 1. The van der Waals surface area contributed by atoms with Crippen LogP contribution in [-0.2, 0) is 11.3 Å². The normalized spacial score (nSPS) is 18.9. The summed E-state index contributed by atoms with van der Waals surface area (Å²) < 4.78 is 0. The third-order valence-electron chi connectivity index (χ3n) is 6.31. The molecule has 4 rings (SSSR count). The van der Waals surface area contributed by atoms with Crippen LogP contribution in [0.25, 0.3) is 0 Å². The van der Waals surface area contributed by atoms with Crippen molar-refractivity contribution in [1.82, 2.24) is 0 Å². The van der Waals surface area contributed by atoms with Gasteiger partial charge in [0.2, 0.25) is 11.8 Å². The Hall–Kier alpha value is -3.42. The Morgan fingerprint density at radius 3 is 2.48 bits per heavy atom. The van der Waals surface area contributed by atoms with Crippen LogP contribution in [0.4, 0.5) is 17.1 Å². The molecule has 2 aliphatic rings. The maximum atomic E-state index is 13.1. The van der Waals surface area contributed by atoms with E-state index < -0.39 is 10.8 Å². The summed E-state index contributed by atoms with van der Waals surface area (Å²) in [6.45, 7) is 0.436. The van der Waals surface area contributed by atoms with Gasteiger partial charge in [-0.25, -0.2) is 0 Å². The number of nitro benzene ring substituents is 1. The fourth-order valence-electron chi connectivity index (χ4n) is 4.65. The Kier molecular flexibility index (Phi) is 5.88. The third-order valence-corrected chi connectivity index (χ3v) is 6.31. The molecule has 0 spiro atoms. The van der Waals surface area contributed by atoms with E-state index in [4.69, 9.17) is 5.73 Å². The van der Waals surface area contributed by atoms with Gasteiger partial charge in [-0.1, -0.05) is 44.2 Å². The minimum Gasteiger partial charge on any atom is -0.366 e. The number of nitro groups is 1. The zero-order chi connectivity index (χ0) is 22.0. The predicted octanol–water partition coefficient (Wildman–Crippen LogP) is 3.99. The van der Waals surface area contributed by atoms with Gasteiger partial charge in [0.05, 0.1) is 16.3 Å². The number of nitrogens with one attached hydrogen (secondary N) is 1. The van der Waals surface area contributed by atoms with E-state index in [2.05, 4.69) is 10.2 Å². The molecule has 1 aliphatic carbocycles. The lowest BCUT2D eigenvalue weighted by Crippen LogP contribution is -2.48. The largest absolute Gasteiger partial charge is 0.366 e. The number of hydrogen-bond donors (Lipinski definition) is 2. The second-order valence-corrected chi connectivity index (χ2v) is 8.39. The van der Waals surface area contributed by atoms with Gasteiger partial charge in [0.25, 0.3) is 5.69 Å². The SMILES string of the molecule is NC(=O)c1ccc2c(c1)NC(=O)C(CC1CCCCC1)N2Cc1ccc([N+](=O)[O-])cc1. The number of nitrogens with zero attached hydrogens (tertiary/aromatic N) is 2. The molecule has 0 saturated heterocycles. The fraction of sp³-hybridized carbons (Fsp3) is 0.391. The van der Waals surface area contributed by atoms with Crippen molar-refractivity contribution in [2.24, 2.45) is 11.7 Å². The van der Waals surface area contributed by atoms with Crippen molar-refractivity contribution in [3.8, 4) is 0 Å². The molecular weight excluding hydrogens is 396 g/mol. The van der Waals surface area contributed by atoms with Crippen molar-refractivity contribution < 1.29 is 14.5 Å². The summed E-state index contributed by atoms with van der Waals surface area (Å²) in [6, 6.07) is 11.1. The number of carbonyl (C=O) groups is 2. The van der Waals surface area contributed by atoms with E-state index in [0.29, 0.717) is 23.7 Å². The number of benzene rings is 2. The molecule has 2 aromatic carbocycles. The summed E-state index contributed by atoms with van der Waals surface area (Å²) >= 11 is 0. The first-order valence-corrected chi connectivity index (χ1v) is 10.7. The van der Waals surface area contributed by atoms with Crippen molar-refractivity contribution >= 4 is 28.9 Å². The van der Waals surface area contributed by atoms with Crippen molar-refractivity contribution in [1.29, 1.82) is 0 Å². The second-order valence-electron chi connectivity index (χ2n) is 8.39. The molecule has 2 amide bonds. The highest BCUT2D eigenvalue weighted by atomic mass is 16.6. The number of non-ortho nitro benzene ring substituents is 1. The smallest absolute Gasteiger partial charge is 0.269 e. The van der Waals surface area contributed by atoms with Crippen molar-refractivity contribution in [3.63, 3.8) is 0 Å². The molecule has 1 aliphatic heterocycles. The predicted molar refractivity (Wildman–Crippen MR) is 118 cm³/mol. The molecule has 2 aromatic rings. The minimum absolute atomic E-state index is 0.0328. The van der Waals surface area contributed by atoms with Gasteiger partial charge in [0.15, 0.2) is 0 Å². The van der Waals surface area contributed by atoms with Crippen LogP contribution >= 0.6 is 0 Å². The number of carbonyl (C=O) groups excluding carboxylic acids is 2. The standard InChI is InChI=1S/C23H26N4O4/c24-22(28)17-8-11-20-19(13-17)25-23(29)21(12-15-4-2-1-3-5-15)26(20)14-16-6-9-18(10-7-16)27(30)31/h6-11,13,15,21H,1-5,12,14H2,(H2,24,28)(H,25,29). The molecule has 1 unspecified atom stereocenters. The molecule has 0 radical (unpaired) electrons. The number of amides is 2. The van der Waals surface area contributed by atoms with Crippen LogP contribution in [-0.4, -0.2) is 22.8 Å². The van der Waals surface area contributed by atoms with E-state index in [1.807, 2.05) is 6.07 Å². The minimum atomic E-state index is -0.553. The van der Waals surface area contributed by atoms with Gasteiger partial charge in [-0.3, -0.25) is 19.7 Å². The van der Waals surface area contributed by atoms with E-state index in [-0.39, 0.29) is 17.6 Å². The molecule has 8 nitrogen and oxygen atoms in total. The van der Waals surface area contributed by atoms with E-state index in [1.165, 1.54) is 31.4 Å². The maximum Gasteiger partial charge on any atom is 0.269 e. The van der Waals surface area contributed by atoms with Gasteiger partial charge in [-0.05, 0) is 36.1 Å². The van der Waals surface area contributed by atoms with Gasteiger partial charge in [0.1, 0.15) is 6.04 Å². The summed E-state index contributed by atoms with van der Waals surface area (Å²) in [5, 5.41) is 13.9. The van der Waals surface area contributed by atoms with Crippen LogP contribution < -0.4 is 16.0 Å². The number of hydrogen-bond acceptors (Lipinski definition) is 5. The average Bonchev–Trinajstić information content (AvgIpc) is 2.76. The molecule has 3 N–H and O–H groups in total. The van der Waals surface area contributed by atoms with Crippen LogP contribution in [0, 0.1) is 16.0 Å². The van der Waals surface area contributed by atoms with Crippen LogP contribution in [0.1, 0.15) is 54.4 Å². The highest BCUT2D eigenvalue weighted by Gasteiger charge is 2.35. The molecule has 1 heterocycles. The Bertz CT molecular complexity index is 999. The lowest BCUT2D eigenvalue weighted by molar-refractivity contribution is -0.384. The van der Waals surface area contributed by atoms with Crippen LogP contribution in [0.15, 0.2) is 42.5 Å². The summed E-state index contributed by atoms with van der Waals surface area (Å²) in [5.74, 6) is -0.153. The first-order valence-electron chi connectivity index (χ1n) is 10.7. The molecule has 31 heavy (non-hydrogen) atoms. The highest BCUT2D eigenvalue weighted by Crippen LogP contribution is 2.38. The van der Waals surface area contributed by atoms with Gasteiger partial charge < -0.3 is 16.0 Å². The van der Waals surface area contributed by atoms with Gasteiger partial charge in [0, 0.05) is 24.2 Å². The quantitative estimate of drug-likeness (QED) is 0.539. The van der Waals surface area contributed by atoms with Gasteiger partial charge >= 0.3 is 0 Å².